The molecule has 0 unspecified atom stereocenters. The van der Waals surface area contributed by atoms with E-state index in [9.17, 15) is 0 Å². The van der Waals surface area contributed by atoms with E-state index in [1.807, 2.05) is 12.3 Å². The van der Waals surface area contributed by atoms with Crippen molar-refractivity contribution in [1.29, 1.82) is 0 Å². The van der Waals surface area contributed by atoms with Crippen LogP contribution in [0.5, 0.6) is 0 Å². The van der Waals surface area contributed by atoms with Crippen molar-refractivity contribution in [2.24, 2.45) is 0 Å². The summed E-state index contributed by atoms with van der Waals surface area (Å²) < 4.78 is 1.01. The van der Waals surface area contributed by atoms with E-state index in [0.29, 0.717) is 0 Å². The number of rotatable bonds is 4. The Morgan fingerprint density at radius 2 is 2.38 bits per heavy atom. The van der Waals surface area contributed by atoms with E-state index in [4.69, 9.17) is 0 Å². The third-order valence-corrected chi connectivity index (χ3v) is 1.98. The molecule has 1 aromatic heterocycles. The molecule has 0 saturated heterocycles. The van der Waals surface area contributed by atoms with Crippen molar-refractivity contribution in [2.75, 3.05) is 13.1 Å². The van der Waals surface area contributed by atoms with Crippen LogP contribution >= 0.6 is 15.9 Å². The van der Waals surface area contributed by atoms with Crippen LogP contribution in [0.4, 0.5) is 0 Å². The van der Waals surface area contributed by atoms with Crippen LogP contribution in [-0.2, 0) is 0 Å². The lowest BCUT2D eigenvalue weighted by atomic mass is 10.2. The van der Waals surface area contributed by atoms with Gasteiger partial charge in [0.1, 0.15) is 0 Å². The highest BCUT2D eigenvalue weighted by Gasteiger charge is 1.88. The van der Waals surface area contributed by atoms with Crippen LogP contribution in [0.1, 0.15) is 12.5 Å². The Balaban J connectivity index is 2.48. The minimum atomic E-state index is 0.906. The fourth-order valence-electron chi connectivity index (χ4n) is 0.942. The minimum Gasteiger partial charge on any atom is -0.314 e. The molecule has 0 saturated carbocycles. The first-order chi connectivity index (χ1) is 6.33. The second-order valence-corrected chi connectivity index (χ2v) is 3.56. The maximum Gasteiger partial charge on any atom is 0.0410 e. The minimum absolute atomic E-state index is 0.906. The summed E-state index contributed by atoms with van der Waals surface area (Å²) in [5.41, 5.74) is 1.12. The van der Waals surface area contributed by atoms with Crippen LogP contribution in [0.15, 0.2) is 29.0 Å². The number of pyridine rings is 1. The summed E-state index contributed by atoms with van der Waals surface area (Å²) in [6.07, 6.45) is 7.77. The molecule has 0 spiro atoms. The molecule has 0 fully saturated rings. The first kappa shape index (κ1) is 10.4. The van der Waals surface area contributed by atoms with E-state index < -0.39 is 0 Å². The SMILES string of the molecule is CCNC/C=C/c1cncc(Br)c1. The summed E-state index contributed by atoms with van der Waals surface area (Å²) in [7, 11) is 0. The van der Waals surface area contributed by atoms with Gasteiger partial charge in [-0.25, -0.2) is 0 Å². The molecule has 2 nitrogen and oxygen atoms in total. The quantitative estimate of drug-likeness (QED) is 0.819. The number of nitrogens with one attached hydrogen (secondary N) is 1. The fourth-order valence-corrected chi connectivity index (χ4v) is 1.32. The molecule has 0 atom stereocenters. The Kier molecular flexibility index (Phi) is 4.72. The monoisotopic (exact) mass is 240 g/mol. The van der Waals surface area contributed by atoms with Gasteiger partial charge in [0.15, 0.2) is 0 Å². The smallest absolute Gasteiger partial charge is 0.0410 e. The Morgan fingerprint density at radius 3 is 3.08 bits per heavy atom. The number of halogens is 1. The number of hydrogen-bond acceptors (Lipinski definition) is 2. The van der Waals surface area contributed by atoms with Gasteiger partial charge in [-0.15, -0.1) is 0 Å². The van der Waals surface area contributed by atoms with Crippen LogP contribution in [-0.4, -0.2) is 18.1 Å². The summed E-state index contributed by atoms with van der Waals surface area (Å²) >= 11 is 3.37. The molecule has 70 valence electrons. The van der Waals surface area contributed by atoms with Crippen LogP contribution in [0.3, 0.4) is 0 Å². The number of likely N-dealkylation sites (N-methyl/N-ethyl adjacent to an activating group) is 1. The largest absolute Gasteiger partial charge is 0.314 e. The molecule has 0 bridgehead atoms. The lowest BCUT2D eigenvalue weighted by Gasteiger charge is -1.95. The summed E-state index contributed by atoms with van der Waals surface area (Å²) in [6, 6.07) is 2.04. The van der Waals surface area contributed by atoms with Crippen LogP contribution in [0, 0.1) is 0 Å². The van der Waals surface area contributed by atoms with Crippen LogP contribution < -0.4 is 5.32 Å². The van der Waals surface area contributed by atoms with Gasteiger partial charge in [0.2, 0.25) is 0 Å². The Labute approximate surface area is 87.2 Å². The lowest BCUT2D eigenvalue weighted by Crippen LogP contribution is -2.11. The van der Waals surface area contributed by atoms with Crippen molar-refractivity contribution in [1.82, 2.24) is 10.3 Å². The topological polar surface area (TPSA) is 24.9 Å². The first-order valence-electron chi connectivity index (χ1n) is 4.30. The molecule has 1 heterocycles. The highest BCUT2D eigenvalue weighted by atomic mass is 79.9. The van der Waals surface area contributed by atoms with E-state index in [-0.39, 0.29) is 0 Å². The maximum atomic E-state index is 4.06. The maximum absolute atomic E-state index is 4.06. The Hall–Kier alpha value is -0.670. The highest BCUT2D eigenvalue weighted by molar-refractivity contribution is 9.10. The van der Waals surface area contributed by atoms with Gasteiger partial charge >= 0.3 is 0 Å². The average molecular weight is 241 g/mol. The van der Waals surface area contributed by atoms with Gasteiger partial charge in [0.05, 0.1) is 0 Å². The van der Waals surface area contributed by atoms with E-state index >= 15 is 0 Å². The van der Waals surface area contributed by atoms with Crippen molar-refractivity contribution in [2.45, 2.75) is 6.92 Å². The Bertz CT molecular complexity index is 284. The zero-order chi connectivity index (χ0) is 9.52. The van der Waals surface area contributed by atoms with Gasteiger partial charge in [0, 0.05) is 23.4 Å². The van der Waals surface area contributed by atoms with Gasteiger partial charge in [-0.3, -0.25) is 4.98 Å². The van der Waals surface area contributed by atoms with E-state index in [2.05, 4.69) is 45.3 Å². The van der Waals surface area contributed by atoms with E-state index in [0.717, 1.165) is 23.1 Å². The second-order valence-electron chi connectivity index (χ2n) is 2.65. The average Bonchev–Trinajstić information content (AvgIpc) is 2.13. The molecule has 1 aromatic rings. The Morgan fingerprint density at radius 1 is 1.54 bits per heavy atom. The predicted octanol–water partition coefficient (Wildman–Crippen LogP) is 2.47. The van der Waals surface area contributed by atoms with E-state index in [1.54, 1.807) is 6.20 Å². The highest BCUT2D eigenvalue weighted by Crippen LogP contribution is 2.10. The molecule has 3 heteroatoms. The molecule has 0 aromatic carbocycles. The molecule has 1 rings (SSSR count). The lowest BCUT2D eigenvalue weighted by molar-refractivity contribution is 0.801. The van der Waals surface area contributed by atoms with Gasteiger partial charge in [-0.05, 0) is 34.1 Å². The zero-order valence-electron chi connectivity index (χ0n) is 7.63. The molecule has 1 N–H and O–H groups in total. The summed E-state index contributed by atoms with van der Waals surface area (Å²) in [5.74, 6) is 0. The number of aromatic nitrogens is 1. The third-order valence-electron chi connectivity index (χ3n) is 1.55. The van der Waals surface area contributed by atoms with Crippen molar-refractivity contribution in [3.63, 3.8) is 0 Å². The van der Waals surface area contributed by atoms with Crippen molar-refractivity contribution >= 4 is 22.0 Å². The normalized spacial score (nSPS) is 10.9. The molecule has 0 amide bonds. The molecule has 0 aliphatic rings. The van der Waals surface area contributed by atoms with Crippen LogP contribution in [0.25, 0.3) is 6.08 Å². The van der Waals surface area contributed by atoms with Crippen LogP contribution in [0.2, 0.25) is 0 Å². The van der Waals surface area contributed by atoms with E-state index in [1.165, 1.54) is 0 Å². The molecule has 13 heavy (non-hydrogen) atoms. The van der Waals surface area contributed by atoms with Gasteiger partial charge in [-0.2, -0.15) is 0 Å². The third kappa shape index (κ3) is 4.20. The zero-order valence-corrected chi connectivity index (χ0v) is 9.21. The fraction of sp³-hybridized carbons (Fsp3) is 0.300. The number of hydrogen-bond donors (Lipinski definition) is 1. The van der Waals surface area contributed by atoms with Gasteiger partial charge in [0.25, 0.3) is 0 Å². The molecular weight excluding hydrogens is 228 g/mol. The van der Waals surface area contributed by atoms with Crippen molar-refractivity contribution in [3.8, 4) is 0 Å². The predicted molar refractivity (Wildman–Crippen MR) is 59.5 cm³/mol. The van der Waals surface area contributed by atoms with Gasteiger partial charge in [-0.1, -0.05) is 19.1 Å². The van der Waals surface area contributed by atoms with Crippen molar-refractivity contribution < 1.29 is 0 Å². The molecule has 0 aliphatic heterocycles. The first-order valence-corrected chi connectivity index (χ1v) is 5.10. The van der Waals surface area contributed by atoms with Crippen molar-refractivity contribution in [3.05, 3.63) is 34.6 Å². The van der Waals surface area contributed by atoms with Gasteiger partial charge < -0.3 is 5.32 Å². The number of nitrogens with zero attached hydrogens (tertiary/aromatic N) is 1. The summed E-state index contributed by atoms with van der Waals surface area (Å²) in [5, 5.41) is 3.21. The second kappa shape index (κ2) is 5.89. The summed E-state index contributed by atoms with van der Waals surface area (Å²) in [4.78, 5) is 4.06. The molecular formula is C10H13BrN2. The molecule has 0 aliphatic carbocycles. The summed E-state index contributed by atoms with van der Waals surface area (Å²) in [6.45, 7) is 4.00. The molecule has 0 radical (unpaired) electrons. The standard InChI is InChI=1S/C10H13BrN2/c1-2-12-5-3-4-9-6-10(11)8-13-7-9/h3-4,6-8,12H,2,5H2,1H3/b4-3+.